The Labute approximate surface area is 70.8 Å². The van der Waals surface area contributed by atoms with Gasteiger partial charge >= 0.3 is 0 Å². The predicted octanol–water partition coefficient (Wildman–Crippen LogP) is 1.09. The minimum atomic E-state index is -0.0919. The number of hydrogen-bond donors (Lipinski definition) is 2. The Morgan fingerprint density at radius 2 is 2.33 bits per heavy atom. The van der Waals surface area contributed by atoms with E-state index in [1.54, 1.807) is 12.1 Å². The van der Waals surface area contributed by atoms with E-state index in [4.69, 9.17) is 10.5 Å². The molecular formula is C9H11NO2. The van der Waals surface area contributed by atoms with Gasteiger partial charge in [0.1, 0.15) is 18.1 Å². The molecule has 0 spiro atoms. The van der Waals surface area contributed by atoms with Crippen LogP contribution in [0.3, 0.4) is 0 Å². The molecule has 1 aromatic carbocycles. The van der Waals surface area contributed by atoms with E-state index in [1.165, 1.54) is 0 Å². The van der Waals surface area contributed by atoms with Gasteiger partial charge in [-0.15, -0.1) is 0 Å². The molecule has 12 heavy (non-hydrogen) atoms. The minimum absolute atomic E-state index is 0.0919. The lowest BCUT2D eigenvalue weighted by Crippen LogP contribution is -2.10. The quantitative estimate of drug-likeness (QED) is 0.605. The van der Waals surface area contributed by atoms with Crippen LogP contribution in [-0.2, 0) is 0 Å². The molecule has 0 aromatic heterocycles. The summed E-state index contributed by atoms with van der Waals surface area (Å²) in [6.07, 6.45) is 0. The SMILES string of the molecule is Cc1cc(O)cc2c1OC[C@H]2N. The Morgan fingerprint density at radius 3 is 3.08 bits per heavy atom. The molecule has 1 aliphatic heterocycles. The standard InChI is InChI=1S/C9H11NO2/c1-5-2-6(11)3-7-8(10)4-12-9(5)7/h2-3,8,11H,4,10H2,1H3/t8-/m1/s1. The monoisotopic (exact) mass is 165 g/mol. The number of fused-ring (bicyclic) bond motifs is 1. The average Bonchev–Trinajstić information content (AvgIpc) is 2.33. The molecule has 0 fully saturated rings. The Kier molecular flexibility index (Phi) is 1.48. The lowest BCUT2D eigenvalue weighted by molar-refractivity contribution is 0.331. The van der Waals surface area contributed by atoms with Gasteiger partial charge < -0.3 is 15.6 Å². The summed E-state index contributed by atoms with van der Waals surface area (Å²) in [5.74, 6) is 1.09. The van der Waals surface area contributed by atoms with Crippen molar-refractivity contribution in [2.24, 2.45) is 5.73 Å². The summed E-state index contributed by atoms with van der Waals surface area (Å²) in [5, 5.41) is 9.28. The maximum absolute atomic E-state index is 9.28. The second kappa shape index (κ2) is 2.38. The molecule has 1 aliphatic rings. The molecule has 0 radical (unpaired) electrons. The fourth-order valence-corrected chi connectivity index (χ4v) is 1.52. The van der Waals surface area contributed by atoms with Gasteiger partial charge in [-0.05, 0) is 24.6 Å². The second-order valence-electron chi connectivity index (χ2n) is 3.10. The summed E-state index contributed by atoms with van der Waals surface area (Å²) in [4.78, 5) is 0. The zero-order chi connectivity index (χ0) is 8.72. The molecule has 1 atom stereocenters. The van der Waals surface area contributed by atoms with Gasteiger partial charge in [-0.1, -0.05) is 0 Å². The van der Waals surface area contributed by atoms with Crippen molar-refractivity contribution in [3.05, 3.63) is 23.3 Å². The van der Waals surface area contributed by atoms with Gasteiger partial charge in [0.2, 0.25) is 0 Å². The van der Waals surface area contributed by atoms with Crippen molar-refractivity contribution in [1.82, 2.24) is 0 Å². The molecular weight excluding hydrogens is 154 g/mol. The zero-order valence-corrected chi connectivity index (χ0v) is 6.87. The number of aryl methyl sites for hydroxylation is 1. The Morgan fingerprint density at radius 1 is 1.58 bits per heavy atom. The summed E-state index contributed by atoms with van der Waals surface area (Å²) in [7, 11) is 0. The van der Waals surface area contributed by atoms with Crippen LogP contribution >= 0.6 is 0 Å². The predicted molar refractivity (Wildman–Crippen MR) is 45.3 cm³/mol. The van der Waals surface area contributed by atoms with Gasteiger partial charge in [0.15, 0.2) is 0 Å². The summed E-state index contributed by atoms with van der Waals surface area (Å²) < 4.78 is 5.36. The molecule has 64 valence electrons. The van der Waals surface area contributed by atoms with E-state index in [0.717, 1.165) is 16.9 Å². The van der Waals surface area contributed by atoms with Crippen LogP contribution in [0.5, 0.6) is 11.5 Å². The zero-order valence-electron chi connectivity index (χ0n) is 6.87. The Bertz CT molecular complexity index is 323. The number of benzene rings is 1. The van der Waals surface area contributed by atoms with Crippen LogP contribution in [0.1, 0.15) is 17.2 Å². The number of aromatic hydroxyl groups is 1. The molecule has 0 amide bonds. The van der Waals surface area contributed by atoms with E-state index >= 15 is 0 Å². The molecule has 0 unspecified atom stereocenters. The molecule has 0 saturated carbocycles. The maximum Gasteiger partial charge on any atom is 0.127 e. The first kappa shape index (κ1) is 7.43. The molecule has 3 N–H and O–H groups in total. The van der Waals surface area contributed by atoms with E-state index in [2.05, 4.69) is 0 Å². The first-order valence-electron chi connectivity index (χ1n) is 3.90. The van der Waals surface area contributed by atoms with Gasteiger partial charge in [0.25, 0.3) is 0 Å². The number of ether oxygens (including phenoxy) is 1. The van der Waals surface area contributed by atoms with Gasteiger partial charge in [0, 0.05) is 5.56 Å². The lowest BCUT2D eigenvalue weighted by atomic mass is 10.1. The van der Waals surface area contributed by atoms with Crippen molar-refractivity contribution in [3.63, 3.8) is 0 Å². The van der Waals surface area contributed by atoms with Gasteiger partial charge in [-0.2, -0.15) is 0 Å². The summed E-state index contributed by atoms with van der Waals surface area (Å²) in [6, 6.07) is 3.25. The van der Waals surface area contributed by atoms with Crippen LogP contribution in [0.15, 0.2) is 12.1 Å². The molecule has 2 rings (SSSR count). The molecule has 3 nitrogen and oxygen atoms in total. The van der Waals surface area contributed by atoms with Crippen LogP contribution in [0.2, 0.25) is 0 Å². The van der Waals surface area contributed by atoms with Gasteiger partial charge in [0.05, 0.1) is 6.04 Å². The highest BCUT2D eigenvalue weighted by Crippen LogP contribution is 2.36. The Balaban J connectivity index is 2.60. The highest BCUT2D eigenvalue weighted by Gasteiger charge is 2.22. The molecule has 0 bridgehead atoms. The van der Waals surface area contributed by atoms with Gasteiger partial charge in [-0.25, -0.2) is 0 Å². The molecule has 1 aromatic rings. The van der Waals surface area contributed by atoms with Crippen LogP contribution in [0.25, 0.3) is 0 Å². The van der Waals surface area contributed by atoms with Crippen molar-refractivity contribution in [3.8, 4) is 11.5 Å². The van der Waals surface area contributed by atoms with Crippen molar-refractivity contribution < 1.29 is 9.84 Å². The van der Waals surface area contributed by atoms with Gasteiger partial charge in [-0.3, -0.25) is 0 Å². The third-order valence-corrected chi connectivity index (χ3v) is 2.09. The highest BCUT2D eigenvalue weighted by molar-refractivity contribution is 5.49. The minimum Gasteiger partial charge on any atom is -0.508 e. The van der Waals surface area contributed by atoms with E-state index in [-0.39, 0.29) is 11.8 Å². The maximum atomic E-state index is 9.28. The first-order valence-corrected chi connectivity index (χ1v) is 3.90. The Hall–Kier alpha value is -1.22. The number of phenols is 1. The molecule has 1 heterocycles. The van der Waals surface area contributed by atoms with Crippen LogP contribution < -0.4 is 10.5 Å². The smallest absolute Gasteiger partial charge is 0.127 e. The summed E-state index contributed by atoms with van der Waals surface area (Å²) in [6.45, 7) is 2.41. The van der Waals surface area contributed by atoms with Crippen LogP contribution in [-0.4, -0.2) is 11.7 Å². The number of nitrogens with two attached hydrogens (primary N) is 1. The molecule has 0 saturated heterocycles. The summed E-state index contributed by atoms with van der Waals surface area (Å²) >= 11 is 0. The van der Waals surface area contributed by atoms with Crippen molar-refractivity contribution >= 4 is 0 Å². The highest BCUT2D eigenvalue weighted by atomic mass is 16.5. The third-order valence-electron chi connectivity index (χ3n) is 2.09. The summed E-state index contributed by atoms with van der Waals surface area (Å²) in [5.41, 5.74) is 7.60. The topological polar surface area (TPSA) is 55.5 Å². The van der Waals surface area contributed by atoms with Crippen LogP contribution in [0.4, 0.5) is 0 Å². The lowest BCUT2D eigenvalue weighted by Gasteiger charge is -2.04. The largest absolute Gasteiger partial charge is 0.508 e. The number of rotatable bonds is 0. The van der Waals surface area contributed by atoms with Crippen molar-refractivity contribution in [2.45, 2.75) is 13.0 Å². The fraction of sp³-hybridized carbons (Fsp3) is 0.333. The van der Waals surface area contributed by atoms with E-state index in [9.17, 15) is 5.11 Å². The first-order chi connectivity index (χ1) is 5.68. The van der Waals surface area contributed by atoms with Crippen LogP contribution in [0, 0.1) is 6.92 Å². The van der Waals surface area contributed by atoms with E-state index in [0.29, 0.717) is 6.61 Å². The van der Waals surface area contributed by atoms with E-state index < -0.39 is 0 Å². The fourth-order valence-electron chi connectivity index (χ4n) is 1.52. The average molecular weight is 165 g/mol. The van der Waals surface area contributed by atoms with Crippen molar-refractivity contribution in [2.75, 3.05) is 6.61 Å². The molecule has 0 aliphatic carbocycles. The number of phenolic OH excluding ortho intramolecular Hbond substituents is 1. The third kappa shape index (κ3) is 0.940. The number of hydrogen-bond acceptors (Lipinski definition) is 3. The van der Waals surface area contributed by atoms with E-state index in [1.807, 2.05) is 6.92 Å². The normalized spacial score (nSPS) is 20.3. The van der Waals surface area contributed by atoms with Crippen molar-refractivity contribution in [1.29, 1.82) is 0 Å². The molecule has 3 heteroatoms. The second-order valence-corrected chi connectivity index (χ2v) is 3.10.